The van der Waals surface area contributed by atoms with Gasteiger partial charge < -0.3 is 10.2 Å². The van der Waals surface area contributed by atoms with Crippen molar-refractivity contribution in [2.45, 2.75) is 6.54 Å². The number of quaternary nitrogens is 1. The molecule has 0 aliphatic heterocycles. The fourth-order valence-corrected chi connectivity index (χ4v) is 3.16. The Morgan fingerprint density at radius 1 is 1.25 bits per heavy atom. The number of halogens is 2. The molecule has 1 atom stereocenters. The van der Waals surface area contributed by atoms with Crippen molar-refractivity contribution in [2.24, 2.45) is 0 Å². The van der Waals surface area contributed by atoms with Gasteiger partial charge in [0.2, 0.25) is 0 Å². The van der Waals surface area contributed by atoms with Gasteiger partial charge in [-0.1, -0.05) is 35.3 Å². The van der Waals surface area contributed by atoms with E-state index in [-0.39, 0.29) is 5.91 Å². The number of carbonyl (C=O) groups is 1. The van der Waals surface area contributed by atoms with E-state index in [0.29, 0.717) is 22.3 Å². The van der Waals surface area contributed by atoms with Crippen molar-refractivity contribution in [1.82, 2.24) is 0 Å². The predicted octanol–water partition coefficient (Wildman–Crippen LogP) is 2.71. The van der Waals surface area contributed by atoms with Crippen LogP contribution in [0.2, 0.25) is 10.0 Å². The molecule has 0 spiro atoms. The van der Waals surface area contributed by atoms with Crippen LogP contribution in [0, 0.1) is 0 Å². The fourth-order valence-electron chi connectivity index (χ4n) is 1.85. The van der Waals surface area contributed by atoms with Crippen LogP contribution in [0.5, 0.6) is 0 Å². The van der Waals surface area contributed by atoms with Crippen molar-refractivity contribution in [3.63, 3.8) is 0 Å². The lowest BCUT2D eigenvalue weighted by molar-refractivity contribution is -0.884. The third kappa shape index (κ3) is 4.21. The molecule has 20 heavy (non-hydrogen) atoms. The molecule has 2 rings (SSSR count). The summed E-state index contributed by atoms with van der Waals surface area (Å²) in [6.07, 6.45) is 0. The Bertz CT molecular complexity index is 567. The average Bonchev–Trinajstić information content (AvgIpc) is 2.86. The van der Waals surface area contributed by atoms with Crippen LogP contribution in [0.4, 0.5) is 5.69 Å². The zero-order valence-electron chi connectivity index (χ0n) is 11.0. The van der Waals surface area contributed by atoms with Crippen LogP contribution in [0.3, 0.4) is 0 Å². The van der Waals surface area contributed by atoms with E-state index < -0.39 is 0 Å². The molecule has 0 bridgehead atoms. The monoisotopic (exact) mass is 329 g/mol. The lowest BCUT2D eigenvalue weighted by atomic mass is 10.3. The Balaban J connectivity index is 1.92. The van der Waals surface area contributed by atoms with E-state index >= 15 is 0 Å². The van der Waals surface area contributed by atoms with Gasteiger partial charge in [0.15, 0.2) is 6.54 Å². The molecular formula is C14H15Cl2N2OS+. The molecule has 0 saturated carbocycles. The molecule has 3 nitrogen and oxygen atoms in total. The first-order valence-corrected chi connectivity index (χ1v) is 7.77. The Morgan fingerprint density at radius 2 is 1.95 bits per heavy atom. The standard InChI is InChI=1S/C14H14Cl2N2OS/c1-18(8-10-4-3-7-20-10)9-13(19)17-14-11(15)5-2-6-12(14)16/h2-7H,8-9H2,1H3,(H,17,19)/p+1. The summed E-state index contributed by atoms with van der Waals surface area (Å²) in [5.41, 5.74) is 0.477. The van der Waals surface area contributed by atoms with Gasteiger partial charge in [0.05, 0.1) is 27.7 Å². The van der Waals surface area contributed by atoms with Gasteiger partial charge in [-0.05, 0) is 23.6 Å². The molecule has 6 heteroatoms. The summed E-state index contributed by atoms with van der Waals surface area (Å²) in [6.45, 7) is 1.18. The van der Waals surface area contributed by atoms with Gasteiger partial charge >= 0.3 is 0 Å². The van der Waals surface area contributed by atoms with Crippen LogP contribution in [0.25, 0.3) is 0 Å². The maximum Gasteiger partial charge on any atom is 0.279 e. The zero-order chi connectivity index (χ0) is 14.5. The quantitative estimate of drug-likeness (QED) is 0.868. The highest BCUT2D eigenvalue weighted by Gasteiger charge is 2.14. The van der Waals surface area contributed by atoms with E-state index in [2.05, 4.69) is 11.4 Å². The summed E-state index contributed by atoms with van der Waals surface area (Å²) >= 11 is 13.7. The number of para-hydroxylation sites is 1. The number of amides is 1. The summed E-state index contributed by atoms with van der Waals surface area (Å²) in [7, 11) is 1.98. The van der Waals surface area contributed by atoms with Crippen LogP contribution in [0.1, 0.15) is 4.88 Å². The Kier molecular flexibility index (Phi) is 5.43. The summed E-state index contributed by atoms with van der Waals surface area (Å²) in [5.74, 6) is -0.103. The lowest BCUT2D eigenvalue weighted by Gasteiger charge is -2.14. The second kappa shape index (κ2) is 7.09. The third-order valence-corrected chi connectivity index (χ3v) is 4.25. The third-order valence-electron chi connectivity index (χ3n) is 2.75. The first-order chi connectivity index (χ1) is 9.56. The van der Waals surface area contributed by atoms with Crippen LogP contribution in [0.15, 0.2) is 35.7 Å². The van der Waals surface area contributed by atoms with Gasteiger partial charge in [-0.15, -0.1) is 11.3 Å². The first-order valence-electron chi connectivity index (χ1n) is 6.14. The predicted molar refractivity (Wildman–Crippen MR) is 84.9 cm³/mol. The van der Waals surface area contributed by atoms with Gasteiger partial charge in [0, 0.05) is 0 Å². The molecule has 2 N–H and O–H groups in total. The number of carbonyl (C=O) groups excluding carboxylic acids is 1. The zero-order valence-corrected chi connectivity index (χ0v) is 13.3. The highest BCUT2D eigenvalue weighted by molar-refractivity contribution is 7.09. The summed E-state index contributed by atoms with van der Waals surface area (Å²) in [6, 6.07) is 9.22. The smallest absolute Gasteiger partial charge is 0.279 e. The normalized spacial score (nSPS) is 12.2. The number of rotatable bonds is 5. The molecule has 1 heterocycles. The van der Waals surface area contributed by atoms with Gasteiger partial charge in [0.25, 0.3) is 5.91 Å². The van der Waals surface area contributed by atoms with Crippen molar-refractivity contribution in [1.29, 1.82) is 0 Å². The van der Waals surface area contributed by atoms with Crippen molar-refractivity contribution in [2.75, 3.05) is 18.9 Å². The highest BCUT2D eigenvalue weighted by Crippen LogP contribution is 2.29. The minimum Gasteiger partial charge on any atom is -0.325 e. The molecule has 0 aliphatic rings. The summed E-state index contributed by atoms with van der Waals surface area (Å²) < 4.78 is 0. The Labute approximate surface area is 132 Å². The van der Waals surface area contributed by atoms with Crippen LogP contribution in [-0.2, 0) is 11.3 Å². The molecule has 1 aromatic carbocycles. The SMILES string of the molecule is C[NH+](CC(=O)Nc1c(Cl)cccc1Cl)Cc1cccs1. The molecule has 1 aromatic heterocycles. The molecule has 2 aromatic rings. The number of hydrogen-bond donors (Lipinski definition) is 2. The number of anilines is 1. The van der Waals surface area contributed by atoms with E-state index in [1.165, 1.54) is 4.88 Å². The maximum absolute atomic E-state index is 12.0. The second-order valence-electron chi connectivity index (χ2n) is 4.53. The second-order valence-corrected chi connectivity index (χ2v) is 6.38. The molecule has 1 unspecified atom stereocenters. The number of nitrogens with one attached hydrogen (secondary N) is 2. The number of likely N-dealkylation sites (N-methyl/N-ethyl adjacent to an activating group) is 1. The van der Waals surface area contributed by atoms with Crippen molar-refractivity contribution in [3.05, 3.63) is 50.6 Å². The summed E-state index contributed by atoms with van der Waals surface area (Å²) in [5, 5.41) is 5.69. The number of thiophene rings is 1. The van der Waals surface area contributed by atoms with Crippen LogP contribution < -0.4 is 10.2 Å². The van der Waals surface area contributed by atoms with E-state index in [9.17, 15) is 4.79 Å². The Morgan fingerprint density at radius 3 is 2.55 bits per heavy atom. The first kappa shape index (κ1) is 15.3. The van der Waals surface area contributed by atoms with Gasteiger partial charge in [-0.25, -0.2) is 0 Å². The lowest BCUT2D eigenvalue weighted by Crippen LogP contribution is -3.08. The van der Waals surface area contributed by atoms with Crippen molar-refractivity contribution in [3.8, 4) is 0 Å². The van der Waals surface area contributed by atoms with E-state index in [1.54, 1.807) is 29.5 Å². The van der Waals surface area contributed by atoms with Crippen molar-refractivity contribution >= 4 is 46.1 Å². The van der Waals surface area contributed by atoms with Gasteiger partial charge in [0.1, 0.15) is 6.54 Å². The largest absolute Gasteiger partial charge is 0.325 e. The molecule has 1 amide bonds. The topological polar surface area (TPSA) is 33.5 Å². The minimum atomic E-state index is -0.103. The fraction of sp³-hybridized carbons (Fsp3) is 0.214. The van der Waals surface area contributed by atoms with E-state index in [1.807, 2.05) is 18.5 Å². The summed E-state index contributed by atoms with van der Waals surface area (Å²) in [4.78, 5) is 14.4. The molecular weight excluding hydrogens is 315 g/mol. The van der Waals surface area contributed by atoms with Crippen LogP contribution in [-0.4, -0.2) is 19.5 Å². The van der Waals surface area contributed by atoms with Crippen molar-refractivity contribution < 1.29 is 9.69 Å². The molecule has 0 radical (unpaired) electrons. The molecule has 106 valence electrons. The van der Waals surface area contributed by atoms with Crippen LogP contribution >= 0.6 is 34.5 Å². The van der Waals surface area contributed by atoms with Gasteiger partial charge in [-0.2, -0.15) is 0 Å². The van der Waals surface area contributed by atoms with E-state index in [0.717, 1.165) is 11.4 Å². The van der Waals surface area contributed by atoms with E-state index in [4.69, 9.17) is 23.2 Å². The number of hydrogen-bond acceptors (Lipinski definition) is 2. The number of benzene rings is 1. The molecule has 0 saturated heterocycles. The molecule has 0 aliphatic carbocycles. The minimum absolute atomic E-state index is 0.103. The average molecular weight is 330 g/mol. The molecule has 0 fully saturated rings. The Hall–Kier alpha value is -1.07. The maximum atomic E-state index is 12.0. The van der Waals surface area contributed by atoms with Gasteiger partial charge in [-0.3, -0.25) is 4.79 Å². The highest BCUT2D eigenvalue weighted by atomic mass is 35.5.